The summed E-state index contributed by atoms with van der Waals surface area (Å²) in [6, 6.07) is 13.3. The molecule has 8 nitrogen and oxygen atoms in total. The van der Waals surface area contributed by atoms with Gasteiger partial charge in [0.2, 0.25) is 0 Å². The quantitative estimate of drug-likeness (QED) is 0.269. The minimum Gasteiger partial charge on any atom is -0.492 e. The number of nitrogens with one attached hydrogen (secondary N) is 3. The number of nitrogens with zero attached hydrogens (tertiary/aromatic N) is 4. The maximum atomic E-state index is 14.7. The molecule has 3 N–H and O–H groups in total. The highest BCUT2D eigenvalue weighted by Gasteiger charge is 2.20. The number of benzene rings is 2. The summed E-state index contributed by atoms with van der Waals surface area (Å²) in [5.74, 6) is 1.36. The minimum absolute atomic E-state index is 0.340. The van der Waals surface area contributed by atoms with Gasteiger partial charge in [0.15, 0.2) is 11.5 Å². The SMILES string of the molecule is Fc1cc(OCCN2CCCC2)cc(-c2ccnc3[nH]c(-c4n[nH]c5ccc(C6CCNCC6)cc45)nc23)c1. The second kappa shape index (κ2) is 10.4. The molecule has 0 spiro atoms. The Morgan fingerprint density at radius 2 is 1.90 bits per heavy atom. The van der Waals surface area contributed by atoms with Gasteiger partial charge in [0.05, 0.1) is 5.52 Å². The molecule has 3 aromatic heterocycles. The maximum absolute atomic E-state index is 14.7. The van der Waals surface area contributed by atoms with Gasteiger partial charge < -0.3 is 15.0 Å². The number of aromatic amines is 2. The van der Waals surface area contributed by atoms with E-state index in [1.54, 1.807) is 6.20 Å². The molecule has 5 heterocycles. The van der Waals surface area contributed by atoms with Crippen molar-refractivity contribution in [3.63, 3.8) is 0 Å². The van der Waals surface area contributed by atoms with Crippen molar-refractivity contribution in [3.8, 4) is 28.4 Å². The number of halogens is 1. The zero-order valence-corrected chi connectivity index (χ0v) is 21.8. The van der Waals surface area contributed by atoms with E-state index in [4.69, 9.17) is 9.72 Å². The first-order valence-corrected chi connectivity index (χ1v) is 13.9. The Bertz CT molecular complexity index is 1610. The molecule has 0 aliphatic carbocycles. The summed E-state index contributed by atoms with van der Waals surface area (Å²) in [5.41, 5.74) is 5.87. The van der Waals surface area contributed by atoms with Crippen LogP contribution in [0.15, 0.2) is 48.7 Å². The third-order valence-electron chi connectivity index (χ3n) is 8.06. The van der Waals surface area contributed by atoms with E-state index in [2.05, 4.69) is 48.6 Å². The zero-order chi connectivity index (χ0) is 26.2. The maximum Gasteiger partial charge on any atom is 0.160 e. The molecule has 0 amide bonds. The number of piperidine rings is 1. The van der Waals surface area contributed by atoms with Crippen molar-refractivity contribution in [1.29, 1.82) is 0 Å². The molecule has 2 fully saturated rings. The second-order valence-corrected chi connectivity index (χ2v) is 10.6. The second-order valence-electron chi connectivity index (χ2n) is 10.6. The molecule has 2 aliphatic heterocycles. The summed E-state index contributed by atoms with van der Waals surface area (Å²) in [5, 5.41) is 12.2. The van der Waals surface area contributed by atoms with E-state index < -0.39 is 0 Å². The van der Waals surface area contributed by atoms with E-state index in [1.165, 1.54) is 30.5 Å². The van der Waals surface area contributed by atoms with Crippen LogP contribution in [0.2, 0.25) is 0 Å². The van der Waals surface area contributed by atoms with Crippen molar-refractivity contribution >= 4 is 22.1 Å². The number of fused-ring (bicyclic) bond motifs is 2. The number of hydrogen-bond donors (Lipinski definition) is 3. The molecule has 2 saturated heterocycles. The number of pyridine rings is 1. The first-order valence-electron chi connectivity index (χ1n) is 13.9. The molecule has 200 valence electrons. The van der Waals surface area contributed by atoms with Gasteiger partial charge in [-0.15, -0.1) is 0 Å². The van der Waals surface area contributed by atoms with Crippen LogP contribution >= 0.6 is 0 Å². The number of imidazole rings is 1. The van der Waals surface area contributed by atoms with Crippen LogP contribution in [0.5, 0.6) is 5.75 Å². The van der Waals surface area contributed by atoms with E-state index in [-0.39, 0.29) is 5.82 Å². The fourth-order valence-corrected chi connectivity index (χ4v) is 5.98. The predicted octanol–water partition coefficient (Wildman–Crippen LogP) is 5.25. The normalized spacial score (nSPS) is 16.9. The molecule has 0 atom stereocenters. The molecule has 5 aromatic rings. The molecular formula is C30H32FN7O. The molecular weight excluding hydrogens is 493 g/mol. The molecule has 7 rings (SSSR count). The average molecular weight is 526 g/mol. The van der Waals surface area contributed by atoms with Crippen LogP contribution in [0.1, 0.15) is 37.2 Å². The Kier molecular flexibility index (Phi) is 6.46. The largest absolute Gasteiger partial charge is 0.492 e. The highest BCUT2D eigenvalue weighted by atomic mass is 19.1. The topological polar surface area (TPSA) is 94.8 Å². The first-order chi connectivity index (χ1) is 19.2. The fourth-order valence-electron chi connectivity index (χ4n) is 5.98. The van der Waals surface area contributed by atoms with Crippen LogP contribution in [-0.4, -0.2) is 69.4 Å². The average Bonchev–Trinajstić information content (AvgIpc) is 3.72. The lowest BCUT2D eigenvalue weighted by atomic mass is 9.89. The highest BCUT2D eigenvalue weighted by Crippen LogP contribution is 2.34. The summed E-state index contributed by atoms with van der Waals surface area (Å²) >= 11 is 0. The van der Waals surface area contributed by atoms with Crippen LogP contribution in [-0.2, 0) is 0 Å². The molecule has 2 aromatic carbocycles. The van der Waals surface area contributed by atoms with Crippen LogP contribution in [0.25, 0.3) is 44.7 Å². The summed E-state index contributed by atoms with van der Waals surface area (Å²) in [7, 11) is 0. The van der Waals surface area contributed by atoms with Gasteiger partial charge in [-0.2, -0.15) is 5.10 Å². The Balaban J connectivity index is 1.20. The Morgan fingerprint density at radius 3 is 2.77 bits per heavy atom. The van der Waals surface area contributed by atoms with Crippen molar-refractivity contribution in [3.05, 3.63) is 60.0 Å². The van der Waals surface area contributed by atoms with E-state index >= 15 is 0 Å². The summed E-state index contributed by atoms with van der Waals surface area (Å²) in [6.45, 7) is 5.70. The van der Waals surface area contributed by atoms with Crippen molar-refractivity contribution < 1.29 is 9.13 Å². The Labute approximate surface area is 226 Å². The Hall–Kier alpha value is -3.82. The zero-order valence-electron chi connectivity index (χ0n) is 21.8. The fraction of sp³-hybridized carbons (Fsp3) is 0.367. The lowest BCUT2D eigenvalue weighted by molar-refractivity contribution is 0.237. The molecule has 39 heavy (non-hydrogen) atoms. The number of ether oxygens (including phenoxy) is 1. The van der Waals surface area contributed by atoms with E-state index in [0.29, 0.717) is 40.8 Å². The van der Waals surface area contributed by atoms with Gasteiger partial charge in [0.1, 0.15) is 29.4 Å². The number of hydrogen-bond acceptors (Lipinski definition) is 6. The molecule has 2 aliphatic rings. The van der Waals surface area contributed by atoms with Gasteiger partial charge >= 0.3 is 0 Å². The van der Waals surface area contributed by atoms with Gasteiger partial charge in [0, 0.05) is 29.8 Å². The van der Waals surface area contributed by atoms with Crippen molar-refractivity contribution in [2.45, 2.75) is 31.6 Å². The van der Waals surface area contributed by atoms with Gasteiger partial charge in [-0.05, 0) is 99.2 Å². The van der Waals surface area contributed by atoms with Crippen LogP contribution in [0.4, 0.5) is 4.39 Å². The first kappa shape index (κ1) is 24.2. The van der Waals surface area contributed by atoms with Gasteiger partial charge in [0.25, 0.3) is 0 Å². The summed E-state index contributed by atoms with van der Waals surface area (Å²) < 4.78 is 20.6. The third-order valence-corrected chi connectivity index (χ3v) is 8.06. The monoisotopic (exact) mass is 525 g/mol. The minimum atomic E-state index is -0.340. The highest BCUT2D eigenvalue weighted by molar-refractivity contribution is 5.96. The molecule has 0 radical (unpaired) electrons. The smallest absolute Gasteiger partial charge is 0.160 e. The van der Waals surface area contributed by atoms with Crippen LogP contribution in [0, 0.1) is 5.82 Å². The molecule has 9 heteroatoms. The van der Waals surface area contributed by atoms with E-state index in [9.17, 15) is 4.39 Å². The number of rotatable bonds is 7. The number of H-pyrrole nitrogens is 2. The number of aromatic nitrogens is 5. The molecule has 0 saturated carbocycles. The Morgan fingerprint density at radius 1 is 1.03 bits per heavy atom. The van der Waals surface area contributed by atoms with Crippen molar-refractivity contribution in [2.24, 2.45) is 0 Å². The number of likely N-dealkylation sites (tertiary alicyclic amines) is 1. The van der Waals surface area contributed by atoms with Gasteiger partial charge in [-0.1, -0.05) is 6.07 Å². The lowest BCUT2D eigenvalue weighted by Gasteiger charge is -2.23. The van der Waals surface area contributed by atoms with Gasteiger partial charge in [-0.25, -0.2) is 14.4 Å². The van der Waals surface area contributed by atoms with Crippen LogP contribution in [0.3, 0.4) is 0 Å². The van der Waals surface area contributed by atoms with E-state index in [1.807, 2.05) is 12.1 Å². The third kappa shape index (κ3) is 4.88. The summed E-state index contributed by atoms with van der Waals surface area (Å²) in [4.78, 5) is 15.2. The van der Waals surface area contributed by atoms with Crippen LogP contribution < -0.4 is 10.1 Å². The predicted molar refractivity (Wildman–Crippen MR) is 150 cm³/mol. The summed E-state index contributed by atoms with van der Waals surface area (Å²) in [6.07, 6.45) is 6.46. The molecule has 0 unspecified atom stereocenters. The van der Waals surface area contributed by atoms with Gasteiger partial charge in [-0.3, -0.25) is 10.00 Å². The lowest BCUT2D eigenvalue weighted by Crippen LogP contribution is -2.26. The van der Waals surface area contributed by atoms with E-state index in [0.717, 1.165) is 67.7 Å². The molecule has 0 bridgehead atoms. The standard InChI is InChI=1S/C30H32FN7O/c31-22-15-21(16-23(18-22)39-14-13-38-11-1-2-12-38)24-7-10-33-29-27(24)34-30(35-29)28-25-17-20(3-4-26(25)36-37-28)19-5-8-32-9-6-19/h3-4,7,10,15-19,32H,1-2,5-6,8-9,11-14H2,(H,36,37)(H,33,34,35). The van der Waals surface area contributed by atoms with Crippen molar-refractivity contribution in [1.82, 2.24) is 35.4 Å². The van der Waals surface area contributed by atoms with Crippen molar-refractivity contribution in [2.75, 3.05) is 39.3 Å².